The van der Waals surface area contributed by atoms with E-state index in [0.29, 0.717) is 5.82 Å². The van der Waals surface area contributed by atoms with Crippen molar-refractivity contribution in [2.45, 2.75) is 13.0 Å². The first-order valence-electron chi connectivity index (χ1n) is 5.51. The number of hydrogen-bond acceptors (Lipinski definition) is 4. The summed E-state index contributed by atoms with van der Waals surface area (Å²) in [5, 5.41) is 5.07. The van der Waals surface area contributed by atoms with Crippen LogP contribution in [0, 0.1) is 0 Å². The third-order valence-corrected chi connectivity index (χ3v) is 3.35. The van der Waals surface area contributed by atoms with Gasteiger partial charge in [-0.25, -0.2) is 9.78 Å². The maximum Gasteiger partial charge on any atom is 0.328 e. The summed E-state index contributed by atoms with van der Waals surface area (Å²) in [5.41, 5.74) is 0. The molecule has 4 nitrogen and oxygen atoms in total. The van der Waals surface area contributed by atoms with Gasteiger partial charge in [0.25, 0.3) is 0 Å². The van der Waals surface area contributed by atoms with Crippen LogP contribution in [0.25, 0.3) is 10.8 Å². The van der Waals surface area contributed by atoms with Crippen LogP contribution in [0.2, 0.25) is 0 Å². The van der Waals surface area contributed by atoms with E-state index in [1.807, 2.05) is 24.3 Å². The first kappa shape index (κ1) is 12.8. The first-order chi connectivity index (χ1) is 8.63. The number of carbonyl (C=O) groups is 1. The quantitative estimate of drug-likeness (QED) is 0.886. The molecule has 5 heteroatoms. The van der Waals surface area contributed by atoms with Crippen molar-refractivity contribution in [1.82, 2.24) is 4.98 Å². The maximum atomic E-state index is 11.4. The van der Waals surface area contributed by atoms with Gasteiger partial charge >= 0.3 is 5.97 Å². The van der Waals surface area contributed by atoms with Crippen molar-refractivity contribution < 1.29 is 9.53 Å². The normalized spacial score (nSPS) is 12.2. The van der Waals surface area contributed by atoms with Crippen molar-refractivity contribution in [2.75, 3.05) is 12.4 Å². The van der Waals surface area contributed by atoms with Crippen LogP contribution in [0.15, 0.2) is 34.9 Å². The van der Waals surface area contributed by atoms with E-state index < -0.39 is 6.04 Å². The molecule has 18 heavy (non-hydrogen) atoms. The van der Waals surface area contributed by atoms with Crippen molar-refractivity contribution in [3.63, 3.8) is 0 Å². The Morgan fingerprint density at radius 2 is 2.17 bits per heavy atom. The number of benzene rings is 1. The smallest absolute Gasteiger partial charge is 0.328 e. The number of carbonyl (C=O) groups excluding carboxylic acids is 1. The van der Waals surface area contributed by atoms with E-state index in [-0.39, 0.29) is 5.97 Å². The van der Waals surface area contributed by atoms with E-state index in [9.17, 15) is 4.79 Å². The average Bonchev–Trinajstić information content (AvgIpc) is 2.39. The molecule has 94 valence electrons. The average molecular weight is 309 g/mol. The number of pyridine rings is 1. The fourth-order valence-corrected chi connectivity index (χ4v) is 2.22. The lowest BCUT2D eigenvalue weighted by molar-refractivity contribution is -0.141. The Morgan fingerprint density at radius 1 is 1.39 bits per heavy atom. The second-order valence-corrected chi connectivity index (χ2v) is 4.74. The number of rotatable bonds is 3. The van der Waals surface area contributed by atoms with Crippen LogP contribution < -0.4 is 5.32 Å². The van der Waals surface area contributed by atoms with Crippen LogP contribution in [0.5, 0.6) is 0 Å². The molecule has 0 fully saturated rings. The zero-order valence-corrected chi connectivity index (χ0v) is 11.7. The van der Waals surface area contributed by atoms with Gasteiger partial charge in [-0.2, -0.15) is 0 Å². The number of nitrogens with zero attached hydrogens (tertiary/aromatic N) is 1. The summed E-state index contributed by atoms with van der Waals surface area (Å²) in [5.74, 6) is 0.357. The fourth-order valence-electron chi connectivity index (χ4n) is 1.72. The van der Waals surface area contributed by atoms with Crippen LogP contribution in [0.1, 0.15) is 6.92 Å². The molecule has 2 aromatic rings. The number of hydrogen-bond donors (Lipinski definition) is 1. The molecule has 0 saturated carbocycles. The second-order valence-electron chi connectivity index (χ2n) is 3.88. The molecule has 0 radical (unpaired) electrons. The minimum absolute atomic E-state index is 0.316. The van der Waals surface area contributed by atoms with Gasteiger partial charge in [0.05, 0.1) is 7.11 Å². The minimum Gasteiger partial charge on any atom is -0.467 e. The number of methoxy groups -OCH3 is 1. The molecule has 0 aliphatic carbocycles. The molecule has 0 amide bonds. The summed E-state index contributed by atoms with van der Waals surface area (Å²) in [6.45, 7) is 1.74. The van der Waals surface area contributed by atoms with Gasteiger partial charge in [0.15, 0.2) is 0 Å². The van der Waals surface area contributed by atoms with E-state index in [4.69, 9.17) is 0 Å². The molecular weight excluding hydrogens is 296 g/mol. The molecule has 1 aromatic heterocycles. The summed E-state index contributed by atoms with van der Waals surface area (Å²) in [7, 11) is 1.37. The highest BCUT2D eigenvalue weighted by atomic mass is 79.9. The van der Waals surface area contributed by atoms with Crippen molar-refractivity contribution in [3.05, 3.63) is 34.9 Å². The van der Waals surface area contributed by atoms with E-state index in [2.05, 4.69) is 31.0 Å². The van der Waals surface area contributed by atoms with Crippen molar-refractivity contribution in [2.24, 2.45) is 0 Å². The van der Waals surface area contributed by atoms with E-state index >= 15 is 0 Å². The first-order valence-corrected chi connectivity index (χ1v) is 6.30. The Morgan fingerprint density at radius 3 is 2.89 bits per heavy atom. The van der Waals surface area contributed by atoms with Gasteiger partial charge in [-0.15, -0.1) is 0 Å². The van der Waals surface area contributed by atoms with Crippen LogP contribution >= 0.6 is 15.9 Å². The summed E-state index contributed by atoms with van der Waals surface area (Å²) in [6.07, 6.45) is 1.71. The topological polar surface area (TPSA) is 51.2 Å². The molecule has 0 spiro atoms. The summed E-state index contributed by atoms with van der Waals surface area (Å²) < 4.78 is 5.68. The van der Waals surface area contributed by atoms with Crippen LogP contribution in [0.3, 0.4) is 0 Å². The van der Waals surface area contributed by atoms with Gasteiger partial charge in [-0.05, 0) is 19.1 Å². The standard InChI is InChI=1S/C13H13BrN2O2/c1-8(13(17)18-2)16-12-10-4-3-5-11(14)9(10)6-7-15-12/h3-8H,1-2H3,(H,15,16). The Kier molecular flexibility index (Phi) is 3.81. The van der Waals surface area contributed by atoms with Gasteiger partial charge in [-0.1, -0.05) is 28.1 Å². The monoisotopic (exact) mass is 308 g/mol. The van der Waals surface area contributed by atoms with Gasteiger partial charge in [-0.3, -0.25) is 0 Å². The van der Waals surface area contributed by atoms with Gasteiger partial charge < -0.3 is 10.1 Å². The number of nitrogens with one attached hydrogen (secondary N) is 1. The minimum atomic E-state index is -0.438. The number of halogens is 1. The summed E-state index contributed by atoms with van der Waals surface area (Å²) >= 11 is 3.49. The maximum absolute atomic E-state index is 11.4. The third-order valence-electron chi connectivity index (χ3n) is 2.66. The van der Waals surface area contributed by atoms with E-state index in [1.165, 1.54) is 7.11 Å². The molecule has 1 atom stereocenters. The second kappa shape index (κ2) is 5.35. The lowest BCUT2D eigenvalue weighted by atomic mass is 10.1. The molecule has 0 saturated heterocycles. The number of aromatic nitrogens is 1. The SMILES string of the molecule is COC(=O)C(C)Nc1nccc2c(Br)cccc12. The highest BCUT2D eigenvalue weighted by Gasteiger charge is 2.14. The van der Waals surface area contributed by atoms with Crippen molar-refractivity contribution in [3.8, 4) is 0 Å². The van der Waals surface area contributed by atoms with Gasteiger partial charge in [0.2, 0.25) is 0 Å². The lowest BCUT2D eigenvalue weighted by Gasteiger charge is -2.14. The lowest BCUT2D eigenvalue weighted by Crippen LogP contribution is -2.27. The van der Waals surface area contributed by atoms with Gasteiger partial charge in [0, 0.05) is 21.4 Å². The predicted molar refractivity (Wildman–Crippen MR) is 74.5 cm³/mol. The number of ether oxygens (including phenoxy) is 1. The number of anilines is 1. The Bertz CT molecular complexity index is 586. The number of esters is 1. The molecule has 1 heterocycles. The Balaban J connectivity index is 2.40. The highest BCUT2D eigenvalue weighted by Crippen LogP contribution is 2.27. The fraction of sp³-hybridized carbons (Fsp3) is 0.231. The molecule has 1 unspecified atom stereocenters. The molecule has 0 aliphatic rings. The van der Waals surface area contributed by atoms with Crippen LogP contribution in [0.4, 0.5) is 5.82 Å². The number of fused-ring (bicyclic) bond motifs is 1. The zero-order chi connectivity index (χ0) is 13.1. The largest absolute Gasteiger partial charge is 0.467 e. The third kappa shape index (κ3) is 2.46. The Hall–Kier alpha value is -1.62. The molecule has 2 rings (SSSR count). The van der Waals surface area contributed by atoms with Crippen molar-refractivity contribution >= 4 is 38.5 Å². The molecule has 0 aliphatic heterocycles. The molecule has 1 aromatic carbocycles. The zero-order valence-electron chi connectivity index (χ0n) is 10.1. The molecule has 1 N–H and O–H groups in total. The van der Waals surface area contributed by atoms with Crippen molar-refractivity contribution in [1.29, 1.82) is 0 Å². The van der Waals surface area contributed by atoms with Crippen LogP contribution in [-0.4, -0.2) is 24.1 Å². The van der Waals surface area contributed by atoms with E-state index in [0.717, 1.165) is 15.2 Å². The summed E-state index contributed by atoms with van der Waals surface area (Å²) in [4.78, 5) is 15.7. The predicted octanol–water partition coefficient (Wildman–Crippen LogP) is 2.97. The Labute approximate surface area is 113 Å². The van der Waals surface area contributed by atoms with E-state index in [1.54, 1.807) is 13.1 Å². The van der Waals surface area contributed by atoms with Gasteiger partial charge in [0.1, 0.15) is 11.9 Å². The molecule has 0 bridgehead atoms. The molecular formula is C13H13BrN2O2. The van der Waals surface area contributed by atoms with Crippen LogP contribution in [-0.2, 0) is 9.53 Å². The highest BCUT2D eigenvalue weighted by molar-refractivity contribution is 9.10. The summed E-state index contributed by atoms with van der Waals surface area (Å²) in [6, 6.07) is 7.34.